The second-order valence-corrected chi connectivity index (χ2v) is 6.01. The van der Waals surface area contributed by atoms with Crippen molar-refractivity contribution in [1.82, 2.24) is 15.1 Å². The summed E-state index contributed by atoms with van der Waals surface area (Å²) in [4.78, 5) is 0. The van der Waals surface area contributed by atoms with Crippen molar-refractivity contribution in [3.63, 3.8) is 0 Å². The predicted octanol–water partition coefficient (Wildman–Crippen LogP) is 2.92. The molecule has 0 saturated carbocycles. The molecule has 0 saturated heterocycles. The first kappa shape index (κ1) is 12.6. The fraction of sp³-hybridized carbons (Fsp3) is 0.786. The first-order valence-corrected chi connectivity index (χ1v) is 6.79. The summed E-state index contributed by atoms with van der Waals surface area (Å²) in [5, 5.41) is 8.01. The number of aromatic nitrogens is 2. The van der Waals surface area contributed by atoms with E-state index in [-0.39, 0.29) is 0 Å². The Kier molecular flexibility index (Phi) is 3.57. The summed E-state index contributed by atoms with van der Waals surface area (Å²) in [6.07, 6.45) is 6.88. The smallest absolute Gasteiger partial charge is 0.0540 e. The Morgan fingerprint density at radius 3 is 2.94 bits per heavy atom. The number of aryl methyl sites for hydroxylation is 1. The van der Waals surface area contributed by atoms with Gasteiger partial charge in [-0.3, -0.25) is 4.68 Å². The molecule has 0 aliphatic heterocycles. The Hall–Kier alpha value is -0.830. The molecule has 1 aromatic rings. The molecule has 1 aliphatic carbocycles. The zero-order valence-corrected chi connectivity index (χ0v) is 11.6. The van der Waals surface area contributed by atoms with E-state index in [1.54, 1.807) is 0 Å². The van der Waals surface area contributed by atoms with Crippen molar-refractivity contribution in [3.05, 3.63) is 17.5 Å². The maximum absolute atomic E-state index is 4.58. The third kappa shape index (κ3) is 2.54. The Morgan fingerprint density at radius 1 is 1.53 bits per heavy atom. The summed E-state index contributed by atoms with van der Waals surface area (Å²) in [6.45, 7) is 8.02. The van der Waals surface area contributed by atoms with Gasteiger partial charge < -0.3 is 5.32 Å². The quantitative estimate of drug-likeness (QED) is 0.869. The van der Waals surface area contributed by atoms with Gasteiger partial charge in [0.1, 0.15) is 0 Å². The third-order valence-electron chi connectivity index (χ3n) is 3.83. The van der Waals surface area contributed by atoms with Crippen LogP contribution in [0.1, 0.15) is 57.3 Å². The van der Waals surface area contributed by atoms with Crippen molar-refractivity contribution in [1.29, 1.82) is 0 Å². The molecule has 17 heavy (non-hydrogen) atoms. The van der Waals surface area contributed by atoms with Gasteiger partial charge >= 0.3 is 0 Å². The molecule has 1 aromatic heterocycles. The second-order valence-electron chi connectivity index (χ2n) is 6.01. The lowest BCUT2D eigenvalue weighted by Gasteiger charge is -2.35. The van der Waals surface area contributed by atoms with Crippen molar-refractivity contribution in [2.75, 3.05) is 7.05 Å². The molecule has 3 heteroatoms. The van der Waals surface area contributed by atoms with Gasteiger partial charge in [-0.25, -0.2) is 0 Å². The highest BCUT2D eigenvalue weighted by molar-refractivity contribution is 5.27. The minimum absolute atomic E-state index is 0.380. The Bertz CT molecular complexity index is 379. The first-order chi connectivity index (χ1) is 8.07. The largest absolute Gasteiger partial charge is 0.313 e. The zero-order chi connectivity index (χ0) is 12.5. The van der Waals surface area contributed by atoms with E-state index in [1.165, 1.54) is 30.5 Å². The summed E-state index contributed by atoms with van der Waals surface area (Å²) in [5.74, 6) is 0. The summed E-state index contributed by atoms with van der Waals surface area (Å²) in [6, 6.07) is 0.476. The molecule has 0 fully saturated rings. The van der Waals surface area contributed by atoms with Crippen LogP contribution in [0.25, 0.3) is 0 Å². The van der Waals surface area contributed by atoms with Crippen molar-refractivity contribution in [3.8, 4) is 0 Å². The minimum Gasteiger partial charge on any atom is -0.313 e. The molecule has 1 N–H and O–H groups in total. The van der Waals surface area contributed by atoms with E-state index < -0.39 is 0 Å². The van der Waals surface area contributed by atoms with Crippen LogP contribution >= 0.6 is 0 Å². The van der Waals surface area contributed by atoms with Crippen LogP contribution in [0.15, 0.2) is 6.20 Å². The van der Waals surface area contributed by atoms with Crippen molar-refractivity contribution >= 4 is 0 Å². The van der Waals surface area contributed by atoms with Crippen molar-refractivity contribution in [2.24, 2.45) is 5.41 Å². The van der Waals surface area contributed by atoms with Crippen molar-refractivity contribution in [2.45, 2.75) is 59.0 Å². The van der Waals surface area contributed by atoms with Crippen LogP contribution in [-0.4, -0.2) is 16.8 Å². The lowest BCUT2D eigenvalue weighted by Crippen LogP contribution is -2.32. The topological polar surface area (TPSA) is 29.9 Å². The average molecular weight is 235 g/mol. The van der Waals surface area contributed by atoms with Crippen LogP contribution in [0.2, 0.25) is 0 Å². The Balaban J connectivity index is 2.28. The maximum atomic E-state index is 4.58. The molecule has 1 heterocycles. The van der Waals surface area contributed by atoms with E-state index in [9.17, 15) is 0 Å². The molecular formula is C14H25N3. The fourth-order valence-electron chi connectivity index (χ4n) is 2.86. The van der Waals surface area contributed by atoms with E-state index in [4.69, 9.17) is 0 Å². The Morgan fingerprint density at radius 2 is 2.29 bits per heavy atom. The molecule has 96 valence electrons. The number of unbranched alkanes of at least 4 members (excludes halogenated alkanes) is 1. The average Bonchev–Trinajstić information content (AvgIpc) is 2.66. The first-order valence-electron chi connectivity index (χ1n) is 6.79. The lowest BCUT2D eigenvalue weighted by atomic mass is 9.74. The molecule has 1 unspecified atom stereocenters. The summed E-state index contributed by atoms with van der Waals surface area (Å²) >= 11 is 0. The SMILES string of the molecule is CCCCn1ncc2c1CC(C)(C)CC2NC. The molecular weight excluding hydrogens is 210 g/mol. The van der Waals surface area contributed by atoms with Crippen molar-refractivity contribution < 1.29 is 0 Å². The van der Waals surface area contributed by atoms with Crippen LogP contribution in [-0.2, 0) is 13.0 Å². The molecule has 3 nitrogen and oxygen atoms in total. The molecule has 0 bridgehead atoms. The van der Waals surface area contributed by atoms with Crippen LogP contribution in [0, 0.1) is 5.41 Å². The van der Waals surface area contributed by atoms with Gasteiger partial charge in [-0.2, -0.15) is 5.10 Å². The normalized spacial score (nSPS) is 22.5. The number of nitrogens with one attached hydrogen (secondary N) is 1. The van der Waals surface area contributed by atoms with Gasteiger partial charge in [-0.15, -0.1) is 0 Å². The minimum atomic E-state index is 0.380. The zero-order valence-electron chi connectivity index (χ0n) is 11.6. The van der Waals surface area contributed by atoms with Gasteiger partial charge in [0, 0.05) is 23.8 Å². The van der Waals surface area contributed by atoms with Gasteiger partial charge in [0.15, 0.2) is 0 Å². The summed E-state index contributed by atoms with van der Waals surface area (Å²) in [7, 11) is 2.05. The number of nitrogens with zero attached hydrogens (tertiary/aromatic N) is 2. The highest BCUT2D eigenvalue weighted by Gasteiger charge is 2.33. The van der Waals surface area contributed by atoms with Gasteiger partial charge in [-0.05, 0) is 31.7 Å². The number of fused-ring (bicyclic) bond motifs is 1. The van der Waals surface area contributed by atoms with Gasteiger partial charge in [-0.1, -0.05) is 27.2 Å². The fourth-order valence-corrected chi connectivity index (χ4v) is 2.86. The van der Waals surface area contributed by atoms with Gasteiger partial charge in [0.25, 0.3) is 0 Å². The molecule has 0 aromatic carbocycles. The van der Waals surface area contributed by atoms with Crippen LogP contribution in [0.3, 0.4) is 0 Å². The highest BCUT2D eigenvalue weighted by Crippen LogP contribution is 2.40. The van der Waals surface area contributed by atoms with E-state index in [2.05, 4.69) is 49.1 Å². The second kappa shape index (κ2) is 4.81. The number of rotatable bonds is 4. The summed E-state index contributed by atoms with van der Waals surface area (Å²) in [5.41, 5.74) is 3.25. The monoisotopic (exact) mass is 235 g/mol. The van der Waals surface area contributed by atoms with E-state index in [1.807, 2.05) is 0 Å². The van der Waals surface area contributed by atoms with E-state index in [0.29, 0.717) is 11.5 Å². The summed E-state index contributed by atoms with van der Waals surface area (Å²) < 4.78 is 2.23. The molecule has 0 amide bonds. The van der Waals surface area contributed by atoms with E-state index >= 15 is 0 Å². The van der Waals surface area contributed by atoms with E-state index in [0.717, 1.165) is 13.0 Å². The Labute approximate surface area is 105 Å². The lowest BCUT2D eigenvalue weighted by molar-refractivity contribution is 0.256. The molecule has 1 aliphatic rings. The maximum Gasteiger partial charge on any atom is 0.0540 e. The number of hydrogen-bond donors (Lipinski definition) is 1. The third-order valence-corrected chi connectivity index (χ3v) is 3.83. The molecule has 0 radical (unpaired) electrons. The number of hydrogen-bond acceptors (Lipinski definition) is 2. The van der Waals surface area contributed by atoms with Gasteiger partial charge in [0.05, 0.1) is 6.20 Å². The molecule has 0 spiro atoms. The predicted molar refractivity (Wildman–Crippen MR) is 71.0 cm³/mol. The van der Waals surface area contributed by atoms with Crippen LogP contribution in [0.4, 0.5) is 0 Å². The highest BCUT2D eigenvalue weighted by atomic mass is 15.3. The van der Waals surface area contributed by atoms with Gasteiger partial charge in [0.2, 0.25) is 0 Å². The molecule has 1 atom stereocenters. The van der Waals surface area contributed by atoms with Crippen LogP contribution < -0.4 is 5.32 Å². The molecule has 2 rings (SSSR count). The standard InChI is InChI=1S/C14H25N3/c1-5-6-7-17-13-9-14(2,3)8-12(15-4)11(13)10-16-17/h10,12,15H,5-9H2,1-4H3. The van der Waals surface area contributed by atoms with Crippen LogP contribution in [0.5, 0.6) is 0 Å².